The number of thioether (sulfide) groups is 1. The monoisotopic (exact) mass is 558 g/mol. The number of nitrogens with one attached hydrogen (secondary N) is 1. The number of fused-ring (bicyclic) bond motifs is 1. The van der Waals surface area contributed by atoms with E-state index >= 15 is 0 Å². The maximum atomic E-state index is 13.8. The molecular weight excluding hydrogens is 524 g/mol. The Morgan fingerprint density at radius 2 is 1.93 bits per heavy atom. The molecule has 0 saturated heterocycles. The van der Waals surface area contributed by atoms with Gasteiger partial charge in [-0.25, -0.2) is 4.68 Å². The standard InChI is InChI=1S/C31H34N4O4S/c1-20-8-6-9-21(16-20)28-27-29(31(2,3)4)33-35(22-11-13-23(38-5)14-12-22)30(27)34(26(37)19-40-28)18-25(36)32-17-24-10-7-15-39-24/h6-16,28H,17-19H2,1-5H3,(H,32,36). The smallest absolute Gasteiger partial charge is 0.240 e. The van der Waals surface area contributed by atoms with Crippen molar-refractivity contribution in [3.8, 4) is 11.4 Å². The third kappa shape index (κ3) is 5.65. The summed E-state index contributed by atoms with van der Waals surface area (Å²) in [6.07, 6.45) is 1.57. The van der Waals surface area contributed by atoms with Gasteiger partial charge in [0.25, 0.3) is 0 Å². The van der Waals surface area contributed by atoms with Crippen molar-refractivity contribution in [1.82, 2.24) is 15.1 Å². The van der Waals surface area contributed by atoms with Crippen LogP contribution in [0, 0.1) is 6.92 Å². The number of carbonyl (C=O) groups excluding carboxylic acids is 2. The van der Waals surface area contributed by atoms with Crippen LogP contribution in [0.5, 0.6) is 5.75 Å². The van der Waals surface area contributed by atoms with Crippen molar-refractivity contribution < 1.29 is 18.7 Å². The zero-order chi connectivity index (χ0) is 28.4. The molecule has 0 fully saturated rings. The number of anilines is 1. The molecule has 0 saturated carbocycles. The van der Waals surface area contributed by atoms with Crippen LogP contribution in [0.2, 0.25) is 0 Å². The number of rotatable bonds is 7. The molecular formula is C31H34N4O4S. The number of carbonyl (C=O) groups is 2. The van der Waals surface area contributed by atoms with E-state index < -0.39 is 0 Å². The molecule has 1 aliphatic heterocycles. The Kier molecular flexibility index (Phi) is 7.76. The maximum Gasteiger partial charge on any atom is 0.240 e. The van der Waals surface area contributed by atoms with Crippen molar-refractivity contribution >= 4 is 29.4 Å². The van der Waals surface area contributed by atoms with Crippen molar-refractivity contribution in [3.05, 3.63) is 95.1 Å². The Hall–Kier alpha value is -3.98. The molecule has 9 heteroatoms. The van der Waals surface area contributed by atoms with E-state index in [1.165, 1.54) is 0 Å². The molecule has 4 aromatic rings. The first-order valence-corrected chi connectivity index (χ1v) is 14.3. The second-order valence-corrected chi connectivity index (χ2v) is 12.0. The number of hydrogen-bond donors (Lipinski definition) is 1. The molecule has 5 rings (SSSR count). The molecule has 1 N–H and O–H groups in total. The molecule has 2 amide bonds. The van der Waals surface area contributed by atoms with Crippen molar-refractivity contribution in [2.75, 3.05) is 24.3 Å². The average molecular weight is 559 g/mol. The van der Waals surface area contributed by atoms with Gasteiger partial charge in [-0.1, -0.05) is 50.6 Å². The molecule has 1 aliphatic rings. The summed E-state index contributed by atoms with van der Waals surface area (Å²) in [6.45, 7) is 8.54. The molecule has 0 aliphatic carbocycles. The number of aromatic nitrogens is 2. The van der Waals surface area contributed by atoms with E-state index in [2.05, 4.69) is 51.2 Å². The van der Waals surface area contributed by atoms with Gasteiger partial charge in [-0.05, 0) is 48.9 Å². The van der Waals surface area contributed by atoms with Gasteiger partial charge in [0.15, 0.2) is 0 Å². The zero-order valence-corrected chi connectivity index (χ0v) is 24.2. The van der Waals surface area contributed by atoms with E-state index in [-0.39, 0.29) is 41.3 Å². The van der Waals surface area contributed by atoms with Crippen molar-refractivity contribution in [3.63, 3.8) is 0 Å². The highest BCUT2D eigenvalue weighted by atomic mass is 32.2. The SMILES string of the molecule is COc1ccc(-n2nc(C(C)(C)C)c3c2N(CC(=O)NCc2ccco2)C(=O)CSC3c2cccc(C)c2)cc1. The molecule has 8 nitrogen and oxygen atoms in total. The highest BCUT2D eigenvalue weighted by molar-refractivity contribution is 8.00. The van der Waals surface area contributed by atoms with Crippen LogP contribution in [0.15, 0.2) is 71.3 Å². The predicted octanol–water partition coefficient (Wildman–Crippen LogP) is 5.57. The number of hydrogen-bond acceptors (Lipinski definition) is 6. The summed E-state index contributed by atoms with van der Waals surface area (Å²) in [6, 6.07) is 19.5. The van der Waals surface area contributed by atoms with Crippen LogP contribution in [0.3, 0.4) is 0 Å². The van der Waals surface area contributed by atoms with Gasteiger partial charge in [0.1, 0.15) is 23.9 Å². The second-order valence-electron chi connectivity index (χ2n) is 10.9. The van der Waals surface area contributed by atoms with E-state index in [9.17, 15) is 9.59 Å². The van der Waals surface area contributed by atoms with Crippen LogP contribution in [-0.4, -0.2) is 41.0 Å². The molecule has 0 bridgehead atoms. The summed E-state index contributed by atoms with van der Waals surface area (Å²) in [5.41, 5.74) is 4.52. The third-order valence-corrected chi connectivity index (χ3v) is 8.06. The predicted molar refractivity (Wildman–Crippen MR) is 157 cm³/mol. The number of benzene rings is 2. The van der Waals surface area contributed by atoms with Crippen LogP contribution in [0.25, 0.3) is 5.69 Å². The first-order chi connectivity index (χ1) is 19.2. The molecule has 1 unspecified atom stereocenters. The first-order valence-electron chi connectivity index (χ1n) is 13.2. The van der Waals surface area contributed by atoms with Gasteiger partial charge in [-0.3, -0.25) is 14.5 Å². The lowest BCUT2D eigenvalue weighted by Crippen LogP contribution is -2.42. The Morgan fingerprint density at radius 3 is 2.58 bits per heavy atom. The molecule has 1 atom stereocenters. The number of amides is 2. The molecule has 208 valence electrons. The fourth-order valence-corrected chi connectivity index (χ4v) is 6.06. The van der Waals surface area contributed by atoms with Crippen molar-refractivity contribution in [2.45, 2.75) is 44.9 Å². The zero-order valence-electron chi connectivity index (χ0n) is 23.4. The quantitative estimate of drug-likeness (QED) is 0.319. The minimum Gasteiger partial charge on any atom is -0.497 e. The van der Waals surface area contributed by atoms with E-state index in [4.69, 9.17) is 14.3 Å². The van der Waals surface area contributed by atoms with Gasteiger partial charge in [0.05, 0.1) is 42.3 Å². The summed E-state index contributed by atoms with van der Waals surface area (Å²) in [5.74, 6) is 1.77. The Labute approximate surface area is 238 Å². The lowest BCUT2D eigenvalue weighted by molar-refractivity contribution is -0.123. The highest BCUT2D eigenvalue weighted by Gasteiger charge is 2.40. The van der Waals surface area contributed by atoms with Gasteiger partial charge in [-0.15, -0.1) is 11.8 Å². The van der Waals surface area contributed by atoms with Gasteiger partial charge in [0, 0.05) is 11.0 Å². The molecule has 2 aromatic carbocycles. The van der Waals surface area contributed by atoms with Crippen molar-refractivity contribution in [1.29, 1.82) is 0 Å². The lowest BCUT2D eigenvalue weighted by atomic mass is 9.87. The Morgan fingerprint density at radius 1 is 1.15 bits per heavy atom. The van der Waals surface area contributed by atoms with Gasteiger partial charge < -0.3 is 14.5 Å². The van der Waals surface area contributed by atoms with Gasteiger partial charge in [-0.2, -0.15) is 5.10 Å². The summed E-state index contributed by atoms with van der Waals surface area (Å²) in [5, 5.41) is 7.87. The summed E-state index contributed by atoms with van der Waals surface area (Å²) < 4.78 is 12.5. The third-order valence-electron chi connectivity index (χ3n) is 6.80. The average Bonchev–Trinajstić information content (AvgIpc) is 3.56. The molecule has 0 spiro atoms. The van der Waals surface area contributed by atoms with E-state index in [0.717, 1.165) is 33.8 Å². The van der Waals surface area contributed by atoms with Crippen LogP contribution in [0.4, 0.5) is 5.82 Å². The normalized spacial score (nSPS) is 15.5. The van der Waals surface area contributed by atoms with E-state index in [1.54, 1.807) is 42.2 Å². The molecule has 40 heavy (non-hydrogen) atoms. The number of nitrogens with zero attached hydrogens (tertiary/aromatic N) is 3. The largest absolute Gasteiger partial charge is 0.497 e. The highest BCUT2D eigenvalue weighted by Crippen LogP contribution is 2.48. The van der Waals surface area contributed by atoms with Crippen LogP contribution in [-0.2, 0) is 21.5 Å². The second kappa shape index (κ2) is 11.3. The van der Waals surface area contributed by atoms with Crippen LogP contribution in [0.1, 0.15) is 54.2 Å². The van der Waals surface area contributed by atoms with Crippen LogP contribution >= 0.6 is 11.8 Å². The fourth-order valence-electron chi connectivity index (χ4n) is 4.87. The van der Waals surface area contributed by atoms with Gasteiger partial charge >= 0.3 is 0 Å². The van der Waals surface area contributed by atoms with E-state index in [0.29, 0.717) is 11.6 Å². The van der Waals surface area contributed by atoms with E-state index in [1.807, 2.05) is 35.0 Å². The number of ether oxygens (including phenoxy) is 1. The number of methoxy groups -OCH3 is 1. The molecule has 3 heterocycles. The minimum atomic E-state index is -0.328. The summed E-state index contributed by atoms with van der Waals surface area (Å²) in [7, 11) is 1.62. The molecule has 0 radical (unpaired) electrons. The number of aryl methyl sites for hydroxylation is 1. The topological polar surface area (TPSA) is 89.6 Å². The Bertz CT molecular complexity index is 1500. The lowest BCUT2D eigenvalue weighted by Gasteiger charge is -2.24. The van der Waals surface area contributed by atoms with Crippen molar-refractivity contribution in [2.24, 2.45) is 0 Å². The summed E-state index contributed by atoms with van der Waals surface area (Å²) in [4.78, 5) is 28.6. The first kappa shape index (κ1) is 27.6. The number of furan rings is 1. The maximum absolute atomic E-state index is 13.8. The molecule has 2 aromatic heterocycles. The fraction of sp³-hybridized carbons (Fsp3) is 0.323. The van der Waals surface area contributed by atoms with Crippen LogP contribution < -0.4 is 15.0 Å². The summed E-state index contributed by atoms with van der Waals surface area (Å²) >= 11 is 1.57. The van der Waals surface area contributed by atoms with Gasteiger partial charge in [0.2, 0.25) is 11.8 Å². The Balaban J connectivity index is 1.67. The minimum absolute atomic E-state index is 0.140.